The van der Waals surface area contributed by atoms with Crippen LogP contribution in [0, 0.1) is 0 Å². The molecule has 0 saturated heterocycles. The lowest BCUT2D eigenvalue weighted by atomic mass is 10.3. The second-order valence-corrected chi connectivity index (χ2v) is 7.04. The average Bonchev–Trinajstić information content (AvgIpc) is 3.24. The van der Waals surface area contributed by atoms with Crippen LogP contribution in [-0.2, 0) is 16.1 Å². The van der Waals surface area contributed by atoms with Gasteiger partial charge >= 0.3 is 5.97 Å². The maximum Gasteiger partial charge on any atom is 0.331 e. The highest BCUT2D eigenvalue weighted by Crippen LogP contribution is 2.22. The fourth-order valence-electron chi connectivity index (χ4n) is 2.26. The molecule has 0 saturated carbocycles. The summed E-state index contributed by atoms with van der Waals surface area (Å²) >= 11 is 2.85. The minimum atomic E-state index is -0.507. The highest BCUT2D eigenvalue weighted by Gasteiger charge is 2.06. The number of hydrogen-bond donors (Lipinski definition) is 0. The summed E-state index contributed by atoms with van der Waals surface area (Å²) in [6.45, 7) is -0.0490. The molecular weight excluding hydrogens is 358 g/mol. The van der Waals surface area contributed by atoms with Gasteiger partial charge in [-0.25, -0.2) is 14.8 Å². The van der Waals surface area contributed by atoms with Crippen LogP contribution in [0.2, 0.25) is 0 Å². The molecule has 25 heavy (non-hydrogen) atoms. The fourth-order valence-corrected chi connectivity index (χ4v) is 3.86. The molecule has 0 spiro atoms. The molecule has 1 aromatic carbocycles. The molecule has 0 aliphatic heterocycles. The number of carbonyl (C=O) groups is 1. The van der Waals surface area contributed by atoms with Crippen molar-refractivity contribution in [3.05, 3.63) is 69.0 Å². The molecule has 0 amide bonds. The number of thiazole rings is 2. The number of rotatable bonds is 4. The van der Waals surface area contributed by atoms with Gasteiger partial charge in [-0.3, -0.25) is 9.20 Å². The Balaban J connectivity index is 1.43. The summed E-state index contributed by atoms with van der Waals surface area (Å²) in [6, 6.07) is 9.14. The lowest BCUT2D eigenvalue weighted by Crippen LogP contribution is -2.14. The number of esters is 1. The Labute approximate surface area is 149 Å². The van der Waals surface area contributed by atoms with Gasteiger partial charge in [0.1, 0.15) is 11.6 Å². The van der Waals surface area contributed by atoms with Crippen LogP contribution in [0.5, 0.6) is 0 Å². The van der Waals surface area contributed by atoms with Gasteiger partial charge in [0.25, 0.3) is 5.56 Å². The zero-order valence-corrected chi connectivity index (χ0v) is 14.4. The molecule has 124 valence electrons. The summed E-state index contributed by atoms with van der Waals surface area (Å²) in [6.07, 6.45) is 4.61. The van der Waals surface area contributed by atoms with E-state index < -0.39 is 5.97 Å². The predicted octanol–water partition coefficient (Wildman–Crippen LogP) is 3.12. The third-order valence-electron chi connectivity index (χ3n) is 3.39. The van der Waals surface area contributed by atoms with Crippen LogP contribution < -0.4 is 5.56 Å². The van der Waals surface area contributed by atoms with Crippen molar-refractivity contribution in [3.63, 3.8) is 0 Å². The summed E-state index contributed by atoms with van der Waals surface area (Å²) in [5.41, 5.74) is 1.13. The molecule has 0 aliphatic carbocycles. The molecule has 0 radical (unpaired) electrons. The maximum atomic E-state index is 11.9. The van der Waals surface area contributed by atoms with Crippen LogP contribution in [0.15, 0.2) is 52.8 Å². The van der Waals surface area contributed by atoms with Crippen molar-refractivity contribution < 1.29 is 9.53 Å². The van der Waals surface area contributed by atoms with E-state index in [1.165, 1.54) is 39.2 Å². The molecule has 0 aliphatic rings. The number of aromatic nitrogens is 3. The first-order valence-electron chi connectivity index (χ1n) is 7.35. The van der Waals surface area contributed by atoms with Crippen LogP contribution >= 0.6 is 22.7 Å². The van der Waals surface area contributed by atoms with Gasteiger partial charge in [0.15, 0.2) is 4.96 Å². The Morgan fingerprint density at radius 1 is 1.28 bits per heavy atom. The van der Waals surface area contributed by atoms with E-state index in [9.17, 15) is 9.59 Å². The third-order valence-corrected chi connectivity index (χ3v) is 5.15. The zero-order valence-electron chi connectivity index (χ0n) is 12.8. The Kier molecular flexibility index (Phi) is 4.12. The fraction of sp³-hybridized carbons (Fsp3) is 0.0588. The number of benzene rings is 1. The van der Waals surface area contributed by atoms with E-state index in [-0.39, 0.29) is 12.2 Å². The first-order valence-corrected chi connectivity index (χ1v) is 9.05. The van der Waals surface area contributed by atoms with Gasteiger partial charge in [-0.2, -0.15) is 0 Å². The number of para-hydroxylation sites is 1. The van der Waals surface area contributed by atoms with E-state index in [4.69, 9.17) is 4.74 Å². The molecule has 0 bridgehead atoms. The van der Waals surface area contributed by atoms with E-state index in [0.29, 0.717) is 10.7 Å². The van der Waals surface area contributed by atoms with E-state index in [1.54, 1.807) is 17.7 Å². The Morgan fingerprint density at radius 2 is 2.16 bits per heavy atom. The summed E-state index contributed by atoms with van der Waals surface area (Å²) in [5, 5.41) is 2.51. The average molecular weight is 369 g/mol. The van der Waals surface area contributed by atoms with Gasteiger partial charge in [0, 0.05) is 23.7 Å². The van der Waals surface area contributed by atoms with Crippen LogP contribution in [0.3, 0.4) is 0 Å². The van der Waals surface area contributed by atoms with Crippen LogP contribution in [0.4, 0.5) is 0 Å². The van der Waals surface area contributed by atoms with Crippen molar-refractivity contribution in [3.8, 4) is 0 Å². The third kappa shape index (κ3) is 3.35. The molecule has 0 fully saturated rings. The number of fused-ring (bicyclic) bond motifs is 2. The molecule has 4 rings (SSSR count). The molecule has 4 aromatic rings. The Morgan fingerprint density at radius 3 is 3.04 bits per heavy atom. The van der Waals surface area contributed by atoms with Gasteiger partial charge in [-0.1, -0.05) is 12.1 Å². The maximum absolute atomic E-state index is 11.9. The molecule has 0 unspecified atom stereocenters. The predicted molar refractivity (Wildman–Crippen MR) is 97.8 cm³/mol. The highest BCUT2D eigenvalue weighted by atomic mass is 32.1. The number of nitrogens with zero attached hydrogens (tertiary/aromatic N) is 3. The summed E-state index contributed by atoms with van der Waals surface area (Å²) in [4.78, 5) is 33.0. The van der Waals surface area contributed by atoms with Crippen LogP contribution in [0.25, 0.3) is 21.3 Å². The normalized spacial score (nSPS) is 11.5. The SMILES string of the molecule is O=C(/C=C/c1nc2ccccc2s1)OCc1cc(=O)n2ccsc2n1. The molecule has 6 nitrogen and oxygen atoms in total. The van der Waals surface area contributed by atoms with Crippen LogP contribution in [-0.4, -0.2) is 20.3 Å². The van der Waals surface area contributed by atoms with E-state index in [2.05, 4.69) is 9.97 Å². The van der Waals surface area contributed by atoms with Gasteiger partial charge in [-0.05, 0) is 18.2 Å². The molecular formula is C17H11N3O3S2. The minimum Gasteiger partial charge on any atom is -0.456 e. The van der Waals surface area contributed by atoms with E-state index in [1.807, 2.05) is 24.3 Å². The van der Waals surface area contributed by atoms with E-state index in [0.717, 1.165) is 15.2 Å². The first-order chi connectivity index (χ1) is 12.2. The summed E-state index contributed by atoms with van der Waals surface area (Å²) < 4.78 is 7.66. The smallest absolute Gasteiger partial charge is 0.331 e. The Bertz CT molecular complexity index is 1120. The van der Waals surface area contributed by atoms with Gasteiger partial charge in [0.2, 0.25) is 0 Å². The zero-order chi connectivity index (χ0) is 17.2. The second kappa shape index (κ2) is 6.58. The molecule has 0 N–H and O–H groups in total. The standard InChI is InChI=1S/C17H11N3O3S2/c21-15-9-11(18-17-20(15)7-8-24-17)10-23-16(22)6-5-14-19-12-3-1-2-4-13(12)25-14/h1-9H,10H2/b6-5+. The monoisotopic (exact) mass is 369 g/mol. The quantitative estimate of drug-likeness (QED) is 0.408. The minimum absolute atomic E-state index is 0.0490. The molecule has 0 atom stereocenters. The van der Waals surface area contributed by atoms with Gasteiger partial charge < -0.3 is 4.74 Å². The number of hydrogen-bond acceptors (Lipinski definition) is 7. The van der Waals surface area contributed by atoms with Crippen molar-refractivity contribution in [2.75, 3.05) is 0 Å². The summed E-state index contributed by atoms with van der Waals surface area (Å²) in [5.74, 6) is -0.507. The van der Waals surface area contributed by atoms with Crippen molar-refractivity contribution >= 4 is 49.9 Å². The highest BCUT2D eigenvalue weighted by molar-refractivity contribution is 7.19. The lowest BCUT2D eigenvalue weighted by Gasteiger charge is -2.01. The van der Waals surface area contributed by atoms with Gasteiger partial charge in [0.05, 0.1) is 15.9 Å². The molecule has 3 heterocycles. The Hall–Kier alpha value is -2.84. The van der Waals surface area contributed by atoms with Crippen molar-refractivity contribution in [2.45, 2.75) is 6.61 Å². The second-order valence-electron chi connectivity index (χ2n) is 5.10. The van der Waals surface area contributed by atoms with Crippen molar-refractivity contribution in [2.24, 2.45) is 0 Å². The topological polar surface area (TPSA) is 73.6 Å². The van der Waals surface area contributed by atoms with Crippen molar-refractivity contribution in [1.82, 2.24) is 14.4 Å². The van der Waals surface area contributed by atoms with Crippen LogP contribution in [0.1, 0.15) is 10.7 Å². The molecule has 3 aromatic heterocycles. The number of ether oxygens (including phenoxy) is 1. The van der Waals surface area contributed by atoms with E-state index >= 15 is 0 Å². The first kappa shape index (κ1) is 15.7. The van der Waals surface area contributed by atoms with Crippen molar-refractivity contribution in [1.29, 1.82) is 0 Å². The largest absolute Gasteiger partial charge is 0.456 e. The summed E-state index contributed by atoms with van der Waals surface area (Å²) in [7, 11) is 0. The number of carbonyl (C=O) groups excluding carboxylic acids is 1. The lowest BCUT2D eigenvalue weighted by molar-refractivity contribution is -0.139. The van der Waals surface area contributed by atoms with Gasteiger partial charge in [-0.15, -0.1) is 22.7 Å². The molecule has 8 heteroatoms.